The van der Waals surface area contributed by atoms with Gasteiger partial charge in [-0.05, 0) is 104 Å². The predicted octanol–water partition coefficient (Wildman–Crippen LogP) is 14.3. The van der Waals surface area contributed by atoms with Crippen molar-refractivity contribution >= 4 is 32.8 Å². The van der Waals surface area contributed by atoms with E-state index in [2.05, 4.69) is 62.0 Å². The van der Waals surface area contributed by atoms with Gasteiger partial charge in [-0.15, -0.1) is 0 Å². The van der Waals surface area contributed by atoms with E-state index in [9.17, 15) is 5.48 Å². The van der Waals surface area contributed by atoms with Crippen LogP contribution in [0.2, 0.25) is 0 Å². The SMILES string of the molecule is [2H]c1c([2H])c([2H])c(-c2cccc3c2-[n+]2[c-]n(-c4cccc(Oc5ccc6c7ccccc7n(-c7cc(C(C)(C)C)ccn7)c6c5)c4)c4cccc(c42)-c2ccccc2-c2c([2H])c([2H])c([2H])c([2H])c2-3)c([2H])c1[2H]. The lowest BCUT2D eigenvalue weighted by atomic mass is 9.88. The predicted molar refractivity (Wildman–Crippen MR) is 256 cm³/mol. The summed E-state index contributed by atoms with van der Waals surface area (Å²) in [5.74, 6) is 1.95. The van der Waals surface area contributed by atoms with Gasteiger partial charge in [0.05, 0.1) is 45.8 Å². The molecule has 11 aromatic rings. The third-order valence-electron chi connectivity index (χ3n) is 11.9. The van der Waals surface area contributed by atoms with Gasteiger partial charge in [0.25, 0.3) is 6.33 Å². The van der Waals surface area contributed by atoms with Crippen LogP contribution in [0, 0.1) is 6.33 Å². The van der Waals surface area contributed by atoms with Crippen molar-refractivity contribution in [2.24, 2.45) is 0 Å². The van der Waals surface area contributed by atoms with Crippen LogP contribution in [0.5, 0.6) is 11.5 Å². The second-order valence-corrected chi connectivity index (χ2v) is 16.7. The summed E-state index contributed by atoms with van der Waals surface area (Å²) in [6.45, 7) is 6.56. The van der Waals surface area contributed by atoms with Crippen LogP contribution in [0.15, 0.2) is 200 Å². The third-order valence-corrected chi connectivity index (χ3v) is 11.9. The maximum absolute atomic E-state index is 9.51. The van der Waals surface area contributed by atoms with E-state index >= 15 is 0 Å². The molecule has 300 valence electrons. The van der Waals surface area contributed by atoms with Crippen LogP contribution in [0.3, 0.4) is 0 Å². The fourth-order valence-corrected chi connectivity index (χ4v) is 9.04. The molecular formula is C58H42N4O. The number of pyridine rings is 1. The zero-order valence-electron chi connectivity index (χ0n) is 43.6. The maximum atomic E-state index is 9.51. The smallest absolute Gasteiger partial charge is 0.269 e. The first-order valence-electron chi connectivity index (χ1n) is 25.3. The minimum atomic E-state index is -0.537. The molecule has 8 aromatic carbocycles. The highest BCUT2D eigenvalue weighted by atomic mass is 16.5. The molecule has 63 heavy (non-hydrogen) atoms. The van der Waals surface area contributed by atoms with Crippen molar-refractivity contribution in [3.63, 3.8) is 0 Å². The van der Waals surface area contributed by atoms with Crippen LogP contribution >= 0.6 is 0 Å². The molecule has 0 atom stereocenters. The van der Waals surface area contributed by atoms with Crippen molar-refractivity contribution in [2.45, 2.75) is 26.2 Å². The zero-order valence-corrected chi connectivity index (χ0v) is 34.6. The molecule has 0 fully saturated rings. The lowest BCUT2D eigenvalue weighted by molar-refractivity contribution is -0.570. The van der Waals surface area contributed by atoms with Gasteiger partial charge in [0.1, 0.15) is 17.3 Å². The van der Waals surface area contributed by atoms with E-state index < -0.39 is 42.3 Å². The van der Waals surface area contributed by atoms with E-state index in [1.807, 2.05) is 102 Å². The molecular weight excluding hydrogens is 769 g/mol. The van der Waals surface area contributed by atoms with E-state index in [1.165, 1.54) is 5.56 Å². The Morgan fingerprint density at radius 3 is 2.05 bits per heavy atom. The normalized spacial score (nSPS) is 14.0. The van der Waals surface area contributed by atoms with Crippen LogP contribution in [0.25, 0.3) is 94.5 Å². The summed E-state index contributed by atoms with van der Waals surface area (Å²) >= 11 is 0. The lowest BCUT2D eigenvalue weighted by Crippen LogP contribution is -2.32. The molecule has 5 heteroatoms. The number of para-hydroxylation sites is 3. The largest absolute Gasteiger partial charge is 0.458 e. The van der Waals surface area contributed by atoms with Gasteiger partial charge in [0.2, 0.25) is 0 Å². The van der Waals surface area contributed by atoms with E-state index in [-0.39, 0.29) is 39.8 Å². The van der Waals surface area contributed by atoms with Crippen LogP contribution < -0.4 is 9.30 Å². The fourth-order valence-electron chi connectivity index (χ4n) is 9.04. The van der Waals surface area contributed by atoms with Gasteiger partial charge in [0.15, 0.2) is 0 Å². The van der Waals surface area contributed by atoms with Crippen molar-refractivity contribution in [3.05, 3.63) is 212 Å². The number of rotatable bonds is 5. The third kappa shape index (κ3) is 5.99. The van der Waals surface area contributed by atoms with Gasteiger partial charge >= 0.3 is 0 Å². The van der Waals surface area contributed by atoms with Crippen molar-refractivity contribution in [1.82, 2.24) is 14.1 Å². The highest BCUT2D eigenvalue weighted by Crippen LogP contribution is 2.45. The van der Waals surface area contributed by atoms with Gasteiger partial charge in [-0.25, -0.2) is 4.98 Å². The van der Waals surface area contributed by atoms with E-state index in [0.29, 0.717) is 56.2 Å². The highest BCUT2D eigenvalue weighted by molar-refractivity contribution is 6.09. The number of fused-ring (bicyclic) bond motifs is 10. The summed E-state index contributed by atoms with van der Waals surface area (Å²) in [6.07, 6.45) is 5.46. The van der Waals surface area contributed by atoms with Crippen LogP contribution in [-0.4, -0.2) is 14.1 Å². The Morgan fingerprint density at radius 1 is 0.556 bits per heavy atom. The average Bonchev–Trinajstić information content (AvgIpc) is 3.94. The summed E-state index contributed by atoms with van der Waals surface area (Å²) in [5.41, 5.74) is 8.27. The molecule has 0 saturated carbocycles. The molecule has 0 aliphatic carbocycles. The molecule has 0 bridgehead atoms. The van der Waals surface area contributed by atoms with Crippen LogP contribution in [-0.2, 0) is 5.41 Å². The molecule has 12 rings (SSSR count). The summed E-state index contributed by atoms with van der Waals surface area (Å²) in [7, 11) is 0. The first kappa shape index (κ1) is 28.5. The second kappa shape index (κ2) is 14.3. The number of aromatic nitrogens is 4. The maximum Gasteiger partial charge on any atom is 0.269 e. The number of hydrogen-bond donors (Lipinski definition) is 0. The molecule has 0 unspecified atom stereocenters. The van der Waals surface area contributed by atoms with Gasteiger partial charge in [-0.1, -0.05) is 160 Å². The van der Waals surface area contributed by atoms with Crippen molar-refractivity contribution in [3.8, 4) is 73.2 Å². The Hall–Kier alpha value is -8.02. The number of ether oxygens (including phenoxy) is 1. The van der Waals surface area contributed by atoms with Crippen molar-refractivity contribution < 1.29 is 21.6 Å². The Labute approximate surface area is 379 Å². The second-order valence-electron chi connectivity index (χ2n) is 16.7. The first-order chi connectivity index (χ1) is 34.6. The van der Waals surface area contributed by atoms with E-state index in [4.69, 9.17) is 16.6 Å². The summed E-state index contributed by atoms with van der Waals surface area (Å²) < 4.78 is 93.5. The zero-order chi connectivity index (χ0) is 50.1. The number of hydrogen-bond acceptors (Lipinski definition) is 2. The monoisotopic (exact) mass is 819 g/mol. The Kier molecular flexibility index (Phi) is 6.46. The Balaban J connectivity index is 1.09. The van der Waals surface area contributed by atoms with Crippen LogP contribution in [0.1, 0.15) is 38.7 Å². The molecule has 0 spiro atoms. The Bertz CT molecular complexity index is 4110. The molecule has 1 aliphatic heterocycles. The molecule has 0 saturated heterocycles. The number of imidazole rings is 1. The standard InChI is InChI=1S/C58H42N4O/c1-58(2,3)39-32-33-59-55(34-39)62-52-28-12-11-24-48(52)49-31-30-42(36-54(49)62)63-41-19-13-18-40(35-41)60-37-61-56-43(38-16-5-4-6-17-38)25-14-26-50(56)46-22-9-7-20-44(46)45-21-8-10-23-47(45)51-27-15-29-53(60)57(51)61/h4-36H,1-3H3/i4D,5D,6D,7D,9D,16D,17D,20D,22D. The molecule has 3 aromatic heterocycles. The topological polar surface area (TPSA) is 35.9 Å². The van der Waals surface area contributed by atoms with E-state index in [0.717, 1.165) is 27.6 Å². The quantitative estimate of drug-likeness (QED) is 0.128. The van der Waals surface area contributed by atoms with Crippen LogP contribution in [0.4, 0.5) is 0 Å². The van der Waals surface area contributed by atoms with Gasteiger partial charge in [-0.2, -0.15) is 0 Å². The molecule has 0 radical (unpaired) electrons. The molecule has 4 heterocycles. The molecule has 0 amide bonds. The minimum absolute atomic E-state index is 0.0691. The average molecular weight is 820 g/mol. The highest BCUT2D eigenvalue weighted by Gasteiger charge is 2.26. The summed E-state index contributed by atoms with van der Waals surface area (Å²) in [6, 6.07) is 40.8. The number of nitrogens with zero attached hydrogens (tertiary/aromatic N) is 4. The minimum Gasteiger partial charge on any atom is -0.458 e. The van der Waals surface area contributed by atoms with Gasteiger partial charge < -0.3 is 4.74 Å². The molecule has 5 nitrogen and oxygen atoms in total. The summed E-state index contributed by atoms with van der Waals surface area (Å²) in [4.78, 5) is 4.85. The van der Waals surface area contributed by atoms with Crippen molar-refractivity contribution in [1.29, 1.82) is 0 Å². The molecule has 0 N–H and O–H groups in total. The number of benzene rings is 8. The Morgan fingerprint density at radius 2 is 1.21 bits per heavy atom. The van der Waals surface area contributed by atoms with Crippen molar-refractivity contribution in [2.75, 3.05) is 0 Å². The first-order valence-corrected chi connectivity index (χ1v) is 20.8. The summed E-state index contributed by atoms with van der Waals surface area (Å²) in [5, 5.41) is 2.15. The van der Waals surface area contributed by atoms with E-state index in [1.54, 1.807) is 22.8 Å². The molecule has 1 aliphatic rings. The lowest BCUT2D eigenvalue weighted by Gasteiger charge is -2.20. The van der Waals surface area contributed by atoms with Gasteiger partial charge in [-0.3, -0.25) is 13.7 Å². The van der Waals surface area contributed by atoms with Gasteiger partial charge in [0, 0.05) is 23.0 Å². The fraction of sp³-hybridized carbons (Fsp3) is 0.0690.